The summed E-state index contributed by atoms with van der Waals surface area (Å²) in [6.45, 7) is 4.91. The fraction of sp³-hybridized carbons (Fsp3) is 0.870. The van der Waals surface area contributed by atoms with Crippen LogP contribution in [0.3, 0.4) is 0 Å². The number of aliphatic hydroxyl groups excluding tert-OH is 2. The highest BCUT2D eigenvalue weighted by molar-refractivity contribution is 5.76. The van der Waals surface area contributed by atoms with Gasteiger partial charge in [0.15, 0.2) is 0 Å². The Kier molecular flexibility index (Phi) is 70.4. The zero-order valence-corrected chi connectivity index (χ0v) is 55.9. The second-order valence-electron chi connectivity index (χ2n) is 25.6. The maximum Gasteiger partial charge on any atom is 0.305 e. The van der Waals surface area contributed by atoms with E-state index in [1.54, 1.807) is 6.08 Å². The number of ether oxygens (including phenoxy) is 1. The number of nitrogens with one attached hydrogen (secondary N) is 1. The molecule has 0 heterocycles. The van der Waals surface area contributed by atoms with E-state index in [1.165, 1.54) is 327 Å². The summed E-state index contributed by atoms with van der Waals surface area (Å²) in [6.07, 6.45) is 94.9. The molecular weight excluding hydrogens is 1020 g/mol. The van der Waals surface area contributed by atoms with Gasteiger partial charge in [-0.1, -0.05) is 351 Å². The van der Waals surface area contributed by atoms with Crippen LogP contribution in [0.5, 0.6) is 0 Å². The van der Waals surface area contributed by atoms with Crippen molar-refractivity contribution in [3.63, 3.8) is 0 Å². The molecule has 0 aliphatic rings. The average Bonchev–Trinajstić information content (AvgIpc) is 3.49. The largest absolute Gasteiger partial charge is 0.466 e. The minimum atomic E-state index is -0.844. The Morgan fingerprint density at radius 2 is 0.602 bits per heavy atom. The lowest BCUT2D eigenvalue weighted by molar-refractivity contribution is -0.143. The fourth-order valence-electron chi connectivity index (χ4n) is 11.6. The van der Waals surface area contributed by atoms with E-state index in [0.717, 1.165) is 51.4 Å². The van der Waals surface area contributed by atoms with Gasteiger partial charge in [0.05, 0.1) is 25.4 Å². The summed E-state index contributed by atoms with van der Waals surface area (Å²) < 4.78 is 5.51. The minimum Gasteiger partial charge on any atom is -0.466 e. The first-order valence-corrected chi connectivity index (χ1v) is 37.4. The summed E-state index contributed by atoms with van der Waals surface area (Å²) in [5, 5.41) is 23.2. The van der Waals surface area contributed by atoms with Crippen LogP contribution in [0.2, 0.25) is 0 Å². The van der Waals surface area contributed by atoms with Gasteiger partial charge in [0.25, 0.3) is 0 Å². The summed E-state index contributed by atoms with van der Waals surface area (Å²) >= 11 is 0. The number of hydrogen-bond acceptors (Lipinski definition) is 5. The lowest BCUT2D eigenvalue weighted by Gasteiger charge is -2.20. The predicted molar refractivity (Wildman–Crippen MR) is 366 cm³/mol. The molecule has 0 rings (SSSR count). The Bertz CT molecular complexity index is 1390. The van der Waals surface area contributed by atoms with Crippen LogP contribution < -0.4 is 5.32 Å². The van der Waals surface area contributed by atoms with Crippen molar-refractivity contribution < 1.29 is 24.5 Å². The van der Waals surface area contributed by atoms with E-state index < -0.39 is 12.1 Å². The van der Waals surface area contributed by atoms with Crippen molar-refractivity contribution in [2.45, 2.75) is 418 Å². The smallest absolute Gasteiger partial charge is 0.305 e. The molecule has 0 aliphatic carbocycles. The molecule has 0 aromatic heterocycles. The number of amides is 1. The van der Waals surface area contributed by atoms with Crippen LogP contribution in [-0.4, -0.2) is 47.4 Å². The van der Waals surface area contributed by atoms with Crippen molar-refractivity contribution in [2.75, 3.05) is 13.2 Å². The van der Waals surface area contributed by atoms with Gasteiger partial charge < -0.3 is 20.3 Å². The SMILES string of the molecule is CCCCC/C=C\C/C=C\CCCCCCCCCCCC(=O)OCCCCCCCCCCCCCC/C=C\CCCCCCCCCCCCCCCCC(=O)NC(CO)C(O)/C=C/CCCCCCCCCCCCCCCCC. The molecule has 2 atom stereocenters. The van der Waals surface area contributed by atoms with E-state index in [0.29, 0.717) is 19.4 Å². The lowest BCUT2D eigenvalue weighted by atomic mass is 10.0. The maximum absolute atomic E-state index is 12.5. The Morgan fingerprint density at radius 1 is 0.337 bits per heavy atom. The Morgan fingerprint density at radius 3 is 0.952 bits per heavy atom. The third kappa shape index (κ3) is 68.8. The molecule has 1 amide bonds. The van der Waals surface area contributed by atoms with Gasteiger partial charge in [-0.05, 0) is 89.9 Å². The molecule has 3 N–H and O–H groups in total. The number of rotatable bonds is 70. The molecule has 0 aliphatic heterocycles. The fourth-order valence-corrected chi connectivity index (χ4v) is 11.6. The lowest BCUT2D eigenvalue weighted by Crippen LogP contribution is -2.45. The van der Waals surface area contributed by atoms with Gasteiger partial charge in [-0.15, -0.1) is 0 Å². The first kappa shape index (κ1) is 80.8. The van der Waals surface area contributed by atoms with E-state index >= 15 is 0 Å². The summed E-state index contributed by atoms with van der Waals surface area (Å²) in [4.78, 5) is 24.6. The van der Waals surface area contributed by atoms with E-state index in [1.807, 2.05) is 6.08 Å². The molecule has 0 spiro atoms. The topological polar surface area (TPSA) is 95.9 Å². The summed E-state index contributed by atoms with van der Waals surface area (Å²) in [5.41, 5.74) is 0. The van der Waals surface area contributed by atoms with Crippen LogP contribution in [0.25, 0.3) is 0 Å². The maximum atomic E-state index is 12.5. The molecule has 0 aromatic carbocycles. The third-order valence-electron chi connectivity index (χ3n) is 17.3. The quantitative estimate of drug-likeness (QED) is 0.0320. The first-order valence-electron chi connectivity index (χ1n) is 37.4. The molecule has 6 heteroatoms. The van der Waals surface area contributed by atoms with Crippen molar-refractivity contribution in [1.82, 2.24) is 5.32 Å². The van der Waals surface area contributed by atoms with Crippen molar-refractivity contribution in [1.29, 1.82) is 0 Å². The van der Waals surface area contributed by atoms with Crippen molar-refractivity contribution >= 4 is 11.9 Å². The van der Waals surface area contributed by atoms with Gasteiger partial charge in [0.2, 0.25) is 5.91 Å². The highest BCUT2D eigenvalue weighted by Crippen LogP contribution is 2.19. The van der Waals surface area contributed by atoms with Crippen LogP contribution in [-0.2, 0) is 14.3 Å². The zero-order chi connectivity index (χ0) is 59.9. The Hall–Kier alpha value is -2.18. The molecule has 0 saturated carbocycles. The van der Waals surface area contributed by atoms with Crippen LogP contribution in [0.15, 0.2) is 48.6 Å². The van der Waals surface area contributed by atoms with Gasteiger partial charge in [-0.25, -0.2) is 0 Å². The average molecular weight is 1170 g/mol. The van der Waals surface area contributed by atoms with E-state index in [2.05, 4.69) is 55.6 Å². The van der Waals surface area contributed by atoms with Gasteiger partial charge >= 0.3 is 5.97 Å². The van der Waals surface area contributed by atoms with Gasteiger partial charge in [-0.3, -0.25) is 9.59 Å². The number of hydrogen-bond donors (Lipinski definition) is 3. The molecule has 0 bridgehead atoms. The molecule has 6 nitrogen and oxygen atoms in total. The van der Waals surface area contributed by atoms with Crippen LogP contribution >= 0.6 is 0 Å². The number of aliphatic hydroxyl groups is 2. The minimum absolute atomic E-state index is 0.0133. The second kappa shape index (κ2) is 72.3. The summed E-state index contributed by atoms with van der Waals surface area (Å²) in [6, 6.07) is -0.628. The number of allylic oxidation sites excluding steroid dienone is 7. The molecule has 488 valence electrons. The third-order valence-corrected chi connectivity index (χ3v) is 17.3. The Balaban J connectivity index is 3.37. The van der Waals surface area contributed by atoms with E-state index in [4.69, 9.17) is 4.74 Å². The van der Waals surface area contributed by atoms with Crippen LogP contribution in [0, 0.1) is 0 Å². The van der Waals surface area contributed by atoms with Gasteiger partial charge in [-0.2, -0.15) is 0 Å². The van der Waals surface area contributed by atoms with Crippen LogP contribution in [0.4, 0.5) is 0 Å². The summed E-state index contributed by atoms with van der Waals surface area (Å²) in [7, 11) is 0. The second-order valence-corrected chi connectivity index (χ2v) is 25.6. The van der Waals surface area contributed by atoms with Crippen molar-refractivity contribution in [3.8, 4) is 0 Å². The van der Waals surface area contributed by atoms with Crippen LogP contribution in [0.1, 0.15) is 406 Å². The predicted octanol–water partition coefficient (Wildman–Crippen LogP) is 24.4. The van der Waals surface area contributed by atoms with Crippen molar-refractivity contribution in [3.05, 3.63) is 48.6 Å². The van der Waals surface area contributed by atoms with Crippen molar-refractivity contribution in [2.24, 2.45) is 0 Å². The molecular formula is C77H145NO5. The number of carbonyl (C=O) groups excluding carboxylic acids is 2. The molecule has 0 fully saturated rings. The highest BCUT2D eigenvalue weighted by Gasteiger charge is 2.18. The summed E-state index contributed by atoms with van der Waals surface area (Å²) in [5.74, 6) is -0.0504. The zero-order valence-electron chi connectivity index (χ0n) is 55.9. The monoisotopic (exact) mass is 1160 g/mol. The first-order chi connectivity index (χ1) is 41.0. The Labute approximate surface area is 518 Å². The standard InChI is InChI=1S/C77H145NO5/c1-3-5-7-9-11-13-15-17-19-21-34-39-43-47-51-55-59-63-67-71-77(82)83-72-68-64-60-56-52-48-44-40-36-33-31-29-27-25-23-22-24-26-28-30-32-35-38-42-46-50-54-58-62-66-70-76(81)78-74(73-79)75(80)69-65-61-57-53-49-45-41-37-20-18-16-14-12-10-8-6-4-2/h11,13,17,19,23,25,65,69,74-75,79-80H,3-10,12,14-16,18,20-22,24,26-64,66-68,70-73H2,1-2H3,(H,78,81)/b13-11-,19-17-,25-23-,69-65+. The molecule has 0 saturated heterocycles. The van der Waals surface area contributed by atoms with Gasteiger partial charge in [0.1, 0.15) is 0 Å². The number of esters is 1. The molecule has 0 radical (unpaired) electrons. The molecule has 2 unspecified atom stereocenters. The normalized spacial score (nSPS) is 12.8. The molecule has 83 heavy (non-hydrogen) atoms. The van der Waals surface area contributed by atoms with E-state index in [-0.39, 0.29) is 18.5 Å². The number of carbonyl (C=O) groups is 2. The number of unbranched alkanes of at least 4 members (excludes halogenated alkanes) is 53. The molecule has 0 aromatic rings. The van der Waals surface area contributed by atoms with Gasteiger partial charge in [0, 0.05) is 12.8 Å². The van der Waals surface area contributed by atoms with E-state index in [9.17, 15) is 19.8 Å². The highest BCUT2D eigenvalue weighted by atomic mass is 16.5.